The quantitative estimate of drug-likeness (QED) is 0.857. The number of hydrogen-bond acceptors (Lipinski definition) is 4. The van der Waals surface area contributed by atoms with Gasteiger partial charge in [0.05, 0.1) is 18.7 Å². The lowest BCUT2D eigenvalue weighted by Crippen LogP contribution is -2.29. The second-order valence-electron chi connectivity index (χ2n) is 4.96. The van der Waals surface area contributed by atoms with E-state index in [-0.39, 0.29) is 13.2 Å². The van der Waals surface area contributed by atoms with Crippen molar-refractivity contribution in [2.75, 3.05) is 18.1 Å². The van der Waals surface area contributed by atoms with Gasteiger partial charge in [-0.1, -0.05) is 18.2 Å². The molecule has 0 atom stereocenters. The maximum absolute atomic E-state index is 9.53. The summed E-state index contributed by atoms with van der Waals surface area (Å²) in [4.78, 5) is 6.81. The Morgan fingerprint density at radius 2 is 2.00 bits per heavy atom. The van der Waals surface area contributed by atoms with Gasteiger partial charge in [0.15, 0.2) is 0 Å². The highest BCUT2D eigenvalue weighted by Gasteiger charge is 2.29. The smallest absolute Gasteiger partial charge is 0.129 e. The minimum Gasteiger partial charge on any atom is -0.395 e. The molecule has 2 aromatic rings. The maximum Gasteiger partial charge on any atom is 0.129 e. The van der Waals surface area contributed by atoms with E-state index < -0.39 is 0 Å². The number of anilines is 1. The van der Waals surface area contributed by atoms with Crippen molar-refractivity contribution in [1.29, 1.82) is 0 Å². The summed E-state index contributed by atoms with van der Waals surface area (Å²) in [6, 6.07) is 10.3. The van der Waals surface area contributed by atoms with Crippen molar-refractivity contribution < 1.29 is 10.2 Å². The van der Waals surface area contributed by atoms with Crippen LogP contribution in [0.2, 0.25) is 0 Å². The third-order valence-electron chi connectivity index (χ3n) is 3.58. The van der Waals surface area contributed by atoms with Crippen LogP contribution in [0.25, 0.3) is 10.9 Å². The van der Waals surface area contributed by atoms with Crippen LogP contribution in [0.5, 0.6) is 0 Å². The number of fused-ring (bicyclic) bond motifs is 1. The van der Waals surface area contributed by atoms with Crippen LogP contribution in [0.1, 0.15) is 18.4 Å². The molecule has 3 rings (SSSR count). The standard InChI is InChI=1S/C15H18N2O2/c18-8-7-17(12-5-6-12)15-9-11(10-19)13-3-1-2-4-14(13)16-15/h1-4,9,12,18-19H,5-8,10H2. The van der Waals surface area contributed by atoms with E-state index in [1.807, 2.05) is 30.3 Å². The molecule has 1 aliphatic carbocycles. The van der Waals surface area contributed by atoms with Crippen LogP contribution in [-0.2, 0) is 6.61 Å². The zero-order valence-electron chi connectivity index (χ0n) is 10.8. The number of hydrogen-bond donors (Lipinski definition) is 2. The number of benzene rings is 1. The molecule has 4 nitrogen and oxygen atoms in total. The minimum absolute atomic E-state index is 0.00760. The SMILES string of the molecule is OCCN(c1cc(CO)c2ccccc2n1)C1CC1. The Hall–Kier alpha value is -1.65. The van der Waals surface area contributed by atoms with E-state index >= 15 is 0 Å². The average molecular weight is 258 g/mol. The first-order chi connectivity index (χ1) is 9.33. The van der Waals surface area contributed by atoms with Gasteiger partial charge in [0, 0.05) is 18.0 Å². The molecule has 1 aromatic carbocycles. The van der Waals surface area contributed by atoms with E-state index in [2.05, 4.69) is 9.88 Å². The predicted octanol–water partition coefficient (Wildman–Crippen LogP) is 1.69. The van der Waals surface area contributed by atoms with Crippen LogP contribution in [0.15, 0.2) is 30.3 Å². The summed E-state index contributed by atoms with van der Waals surface area (Å²) >= 11 is 0. The van der Waals surface area contributed by atoms with E-state index in [9.17, 15) is 10.2 Å². The van der Waals surface area contributed by atoms with Gasteiger partial charge in [0.2, 0.25) is 0 Å². The Labute approximate surface area is 112 Å². The second-order valence-corrected chi connectivity index (χ2v) is 4.96. The van der Waals surface area contributed by atoms with Crippen molar-refractivity contribution in [3.63, 3.8) is 0 Å². The second kappa shape index (κ2) is 5.15. The Kier molecular flexibility index (Phi) is 3.36. The van der Waals surface area contributed by atoms with E-state index in [0.717, 1.165) is 35.1 Å². The third-order valence-corrected chi connectivity index (χ3v) is 3.58. The van der Waals surface area contributed by atoms with Gasteiger partial charge >= 0.3 is 0 Å². The average Bonchev–Trinajstić information content (AvgIpc) is 3.28. The van der Waals surface area contributed by atoms with Crippen molar-refractivity contribution in [3.8, 4) is 0 Å². The molecule has 100 valence electrons. The number of para-hydroxylation sites is 1. The first-order valence-electron chi connectivity index (χ1n) is 6.70. The topological polar surface area (TPSA) is 56.6 Å². The fraction of sp³-hybridized carbons (Fsp3) is 0.400. The van der Waals surface area contributed by atoms with Gasteiger partial charge in [0.25, 0.3) is 0 Å². The van der Waals surface area contributed by atoms with Crippen LogP contribution in [0.4, 0.5) is 5.82 Å². The van der Waals surface area contributed by atoms with Crippen molar-refractivity contribution in [1.82, 2.24) is 4.98 Å². The molecule has 1 aromatic heterocycles. The first-order valence-corrected chi connectivity index (χ1v) is 6.70. The molecule has 0 saturated heterocycles. The summed E-state index contributed by atoms with van der Waals surface area (Å²) in [7, 11) is 0. The number of nitrogens with zero attached hydrogens (tertiary/aromatic N) is 2. The molecule has 0 spiro atoms. The fourth-order valence-electron chi connectivity index (χ4n) is 2.49. The van der Waals surface area contributed by atoms with E-state index in [0.29, 0.717) is 12.6 Å². The van der Waals surface area contributed by atoms with Crippen LogP contribution in [0.3, 0.4) is 0 Å². The van der Waals surface area contributed by atoms with Crippen molar-refractivity contribution in [3.05, 3.63) is 35.9 Å². The molecule has 0 unspecified atom stereocenters. The molecule has 1 aliphatic rings. The number of pyridine rings is 1. The van der Waals surface area contributed by atoms with Gasteiger partial charge in [-0.3, -0.25) is 0 Å². The molecule has 19 heavy (non-hydrogen) atoms. The van der Waals surface area contributed by atoms with Gasteiger partial charge in [-0.05, 0) is 30.5 Å². The lowest BCUT2D eigenvalue weighted by Gasteiger charge is -2.23. The molecule has 4 heteroatoms. The number of aromatic nitrogens is 1. The molecular formula is C15H18N2O2. The predicted molar refractivity (Wildman–Crippen MR) is 75.1 cm³/mol. The van der Waals surface area contributed by atoms with Crippen LogP contribution >= 0.6 is 0 Å². The summed E-state index contributed by atoms with van der Waals surface area (Å²) in [6.07, 6.45) is 2.31. The molecular weight excluding hydrogens is 240 g/mol. The Bertz CT molecular complexity index is 581. The molecule has 0 radical (unpaired) electrons. The zero-order chi connectivity index (χ0) is 13.2. The highest BCUT2D eigenvalue weighted by molar-refractivity contribution is 5.84. The molecule has 1 fully saturated rings. The Morgan fingerprint density at radius 3 is 2.68 bits per heavy atom. The third kappa shape index (κ3) is 2.41. The van der Waals surface area contributed by atoms with E-state index in [1.165, 1.54) is 0 Å². The molecule has 1 heterocycles. The number of aliphatic hydroxyl groups excluding tert-OH is 2. The lowest BCUT2D eigenvalue weighted by molar-refractivity contribution is 0.283. The Morgan fingerprint density at radius 1 is 1.21 bits per heavy atom. The lowest BCUT2D eigenvalue weighted by atomic mass is 10.1. The fourth-order valence-corrected chi connectivity index (χ4v) is 2.49. The summed E-state index contributed by atoms with van der Waals surface area (Å²) in [5, 5.41) is 19.7. The maximum atomic E-state index is 9.53. The van der Waals surface area contributed by atoms with Gasteiger partial charge in [-0.25, -0.2) is 4.98 Å². The Balaban J connectivity index is 2.07. The molecule has 0 bridgehead atoms. The van der Waals surface area contributed by atoms with Crippen LogP contribution < -0.4 is 4.90 Å². The largest absolute Gasteiger partial charge is 0.395 e. The van der Waals surface area contributed by atoms with Gasteiger partial charge < -0.3 is 15.1 Å². The summed E-state index contributed by atoms with van der Waals surface area (Å²) in [5.74, 6) is 0.860. The summed E-state index contributed by atoms with van der Waals surface area (Å²) in [6.45, 7) is 0.730. The highest BCUT2D eigenvalue weighted by Crippen LogP contribution is 2.32. The van der Waals surface area contributed by atoms with Crippen LogP contribution in [-0.4, -0.2) is 34.4 Å². The molecule has 2 N–H and O–H groups in total. The van der Waals surface area contributed by atoms with Gasteiger partial charge in [-0.2, -0.15) is 0 Å². The van der Waals surface area contributed by atoms with Gasteiger partial charge in [0.1, 0.15) is 5.82 Å². The number of aliphatic hydroxyl groups is 2. The molecule has 0 aliphatic heterocycles. The monoisotopic (exact) mass is 258 g/mol. The molecule has 1 saturated carbocycles. The van der Waals surface area contributed by atoms with E-state index in [4.69, 9.17) is 0 Å². The van der Waals surface area contributed by atoms with Gasteiger partial charge in [-0.15, -0.1) is 0 Å². The zero-order valence-corrected chi connectivity index (χ0v) is 10.8. The van der Waals surface area contributed by atoms with Crippen molar-refractivity contribution >= 4 is 16.7 Å². The molecule has 0 amide bonds. The minimum atomic E-state index is 0.00760. The van der Waals surface area contributed by atoms with E-state index in [1.54, 1.807) is 0 Å². The first kappa shape index (κ1) is 12.4. The summed E-state index contributed by atoms with van der Waals surface area (Å²) in [5.41, 5.74) is 1.79. The normalized spacial score (nSPS) is 14.8. The van der Waals surface area contributed by atoms with Crippen LogP contribution in [0, 0.1) is 0 Å². The van der Waals surface area contributed by atoms with Crippen molar-refractivity contribution in [2.45, 2.75) is 25.5 Å². The van der Waals surface area contributed by atoms with Crippen molar-refractivity contribution in [2.24, 2.45) is 0 Å². The number of rotatable bonds is 5. The summed E-state index contributed by atoms with van der Waals surface area (Å²) < 4.78 is 0. The highest BCUT2D eigenvalue weighted by atomic mass is 16.3.